The number of aryl methyl sites for hydroxylation is 1. The van der Waals surface area contributed by atoms with Crippen LogP contribution in [0.1, 0.15) is 25.2 Å². The Morgan fingerprint density at radius 1 is 1.03 bits per heavy atom. The van der Waals surface area contributed by atoms with Crippen LogP contribution in [-0.4, -0.2) is 56.1 Å². The van der Waals surface area contributed by atoms with Crippen LogP contribution in [0.2, 0.25) is 0 Å². The highest BCUT2D eigenvalue weighted by atomic mass is 16.5. The van der Waals surface area contributed by atoms with Crippen LogP contribution in [0.4, 0.5) is 17.3 Å². The summed E-state index contributed by atoms with van der Waals surface area (Å²) in [6.07, 6.45) is 1.77. The number of nitrogens with one attached hydrogen (secondary N) is 1. The van der Waals surface area contributed by atoms with Gasteiger partial charge in [-0.1, -0.05) is 6.07 Å². The van der Waals surface area contributed by atoms with Gasteiger partial charge in [-0.2, -0.15) is 14.8 Å². The molecular weight excluding hydrogens is 418 g/mol. The number of hydrogen-bond donors (Lipinski definition) is 2. The number of benzene rings is 1. The van der Waals surface area contributed by atoms with Gasteiger partial charge in [0.2, 0.25) is 5.95 Å². The topological polar surface area (TPSA) is 101 Å². The molecule has 0 spiro atoms. The number of pyridine rings is 1. The van der Waals surface area contributed by atoms with E-state index in [1.165, 1.54) is 5.69 Å². The Bertz CT molecular complexity index is 1270. The SMILES string of the molecule is Cc1nn(-c2cccc(C(C)(C)O)n2)c2nc(Nc3ccc(N4CCOCC4)cc3)ncc12. The summed E-state index contributed by atoms with van der Waals surface area (Å²) in [4.78, 5) is 16.1. The molecule has 1 aromatic carbocycles. The van der Waals surface area contributed by atoms with Gasteiger partial charge in [0, 0.05) is 30.7 Å². The summed E-state index contributed by atoms with van der Waals surface area (Å²) in [6, 6.07) is 13.7. The van der Waals surface area contributed by atoms with Crippen LogP contribution >= 0.6 is 0 Å². The highest BCUT2D eigenvalue weighted by Crippen LogP contribution is 2.25. The number of aromatic nitrogens is 5. The molecule has 5 rings (SSSR count). The number of morpholine rings is 1. The molecule has 1 aliphatic heterocycles. The van der Waals surface area contributed by atoms with Crippen LogP contribution < -0.4 is 10.2 Å². The van der Waals surface area contributed by atoms with Crippen molar-refractivity contribution in [1.82, 2.24) is 24.7 Å². The van der Waals surface area contributed by atoms with E-state index in [1.54, 1.807) is 30.8 Å². The molecule has 0 unspecified atom stereocenters. The first-order valence-electron chi connectivity index (χ1n) is 11.0. The van der Waals surface area contributed by atoms with E-state index in [9.17, 15) is 5.11 Å². The Morgan fingerprint density at radius 3 is 2.52 bits per heavy atom. The molecule has 9 heteroatoms. The molecule has 0 amide bonds. The standard InChI is InChI=1S/C24H27N7O2/c1-16-19-15-25-23(26-17-7-9-18(10-8-17)30-11-13-33-14-12-30)28-22(19)31(29-16)21-6-4-5-20(27-21)24(2,3)32/h4-10,15,32H,11-14H2,1-3H3,(H,25,26,28). The van der Waals surface area contributed by atoms with Crippen LogP contribution in [-0.2, 0) is 10.3 Å². The second-order valence-electron chi connectivity index (χ2n) is 8.64. The first-order chi connectivity index (χ1) is 15.9. The van der Waals surface area contributed by atoms with Gasteiger partial charge in [-0.3, -0.25) is 0 Å². The van der Waals surface area contributed by atoms with E-state index < -0.39 is 5.60 Å². The molecule has 33 heavy (non-hydrogen) atoms. The number of anilines is 3. The van der Waals surface area contributed by atoms with Crippen LogP contribution in [0.15, 0.2) is 48.7 Å². The van der Waals surface area contributed by atoms with Gasteiger partial charge in [0.25, 0.3) is 0 Å². The lowest BCUT2D eigenvalue weighted by Crippen LogP contribution is -2.36. The maximum Gasteiger partial charge on any atom is 0.229 e. The van der Waals surface area contributed by atoms with Gasteiger partial charge < -0.3 is 20.1 Å². The fraction of sp³-hybridized carbons (Fsp3) is 0.333. The van der Waals surface area contributed by atoms with Crippen molar-refractivity contribution in [3.63, 3.8) is 0 Å². The molecule has 1 saturated heterocycles. The molecule has 2 N–H and O–H groups in total. The van der Waals surface area contributed by atoms with Crippen molar-refractivity contribution in [3.05, 3.63) is 60.0 Å². The molecule has 0 radical (unpaired) electrons. The highest BCUT2D eigenvalue weighted by molar-refractivity contribution is 5.80. The van der Waals surface area contributed by atoms with Crippen molar-refractivity contribution in [3.8, 4) is 5.82 Å². The molecule has 170 valence electrons. The van der Waals surface area contributed by atoms with Crippen LogP contribution in [0, 0.1) is 6.92 Å². The van der Waals surface area contributed by atoms with Crippen molar-refractivity contribution < 1.29 is 9.84 Å². The zero-order chi connectivity index (χ0) is 23.0. The van der Waals surface area contributed by atoms with Crippen molar-refractivity contribution >= 4 is 28.4 Å². The second-order valence-corrected chi connectivity index (χ2v) is 8.64. The number of nitrogens with zero attached hydrogens (tertiary/aromatic N) is 6. The van der Waals surface area contributed by atoms with Gasteiger partial charge >= 0.3 is 0 Å². The fourth-order valence-electron chi connectivity index (χ4n) is 3.85. The lowest BCUT2D eigenvalue weighted by atomic mass is 10.1. The summed E-state index contributed by atoms with van der Waals surface area (Å²) >= 11 is 0. The minimum absolute atomic E-state index is 0.474. The Hall–Kier alpha value is -3.56. The zero-order valence-electron chi connectivity index (χ0n) is 19.0. The molecule has 3 aromatic heterocycles. The quantitative estimate of drug-likeness (QED) is 0.482. The highest BCUT2D eigenvalue weighted by Gasteiger charge is 2.20. The Balaban J connectivity index is 1.44. The molecule has 0 aliphatic carbocycles. The number of rotatable bonds is 5. The number of aliphatic hydroxyl groups is 1. The third-order valence-electron chi connectivity index (χ3n) is 5.69. The third-order valence-corrected chi connectivity index (χ3v) is 5.69. The van der Waals surface area contributed by atoms with Crippen molar-refractivity contribution in [2.75, 3.05) is 36.5 Å². The maximum atomic E-state index is 10.4. The van der Waals surface area contributed by atoms with Crippen LogP contribution in [0.5, 0.6) is 0 Å². The first kappa shape index (κ1) is 21.3. The molecular formula is C24H27N7O2. The van der Waals surface area contributed by atoms with Crippen molar-refractivity contribution in [2.24, 2.45) is 0 Å². The van der Waals surface area contributed by atoms with Gasteiger partial charge in [-0.15, -0.1) is 0 Å². The van der Waals surface area contributed by atoms with E-state index in [2.05, 4.69) is 37.4 Å². The van der Waals surface area contributed by atoms with Crippen molar-refractivity contribution in [1.29, 1.82) is 0 Å². The Kier molecular flexibility index (Phi) is 5.43. The Morgan fingerprint density at radius 2 is 1.79 bits per heavy atom. The molecule has 0 saturated carbocycles. The first-order valence-corrected chi connectivity index (χ1v) is 11.0. The second kappa shape index (κ2) is 8.42. The monoisotopic (exact) mass is 445 g/mol. The lowest BCUT2D eigenvalue weighted by molar-refractivity contribution is 0.0738. The lowest BCUT2D eigenvalue weighted by Gasteiger charge is -2.28. The van der Waals surface area contributed by atoms with E-state index in [0.29, 0.717) is 23.1 Å². The van der Waals surface area contributed by atoms with E-state index in [4.69, 9.17) is 9.72 Å². The van der Waals surface area contributed by atoms with Gasteiger partial charge in [0.15, 0.2) is 11.5 Å². The zero-order valence-corrected chi connectivity index (χ0v) is 19.0. The largest absolute Gasteiger partial charge is 0.384 e. The average molecular weight is 446 g/mol. The molecule has 9 nitrogen and oxygen atoms in total. The summed E-state index contributed by atoms with van der Waals surface area (Å²) in [5, 5.41) is 19.1. The van der Waals surface area contributed by atoms with Crippen LogP contribution in [0.3, 0.4) is 0 Å². The number of ether oxygens (including phenoxy) is 1. The van der Waals surface area contributed by atoms with Gasteiger partial charge in [0.05, 0.1) is 30.0 Å². The van der Waals surface area contributed by atoms with Gasteiger partial charge in [-0.25, -0.2) is 9.97 Å². The van der Waals surface area contributed by atoms with Gasteiger partial charge in [0.1, 0.15) is 5.60 Å². The van der Waals surface area contributed by atoms with E-state index in [1.807, 2.05) is 31.2 Å². The molecule has 0 atom stereocenters. The fourth-order valence-corrected chi connectivity index (χ4v) is 3.85. The molecule has 1 fully saturated rings. The maximum absolute atomic E-state index is 10.4. The minimum atomic E-state index is -1.05. The summed E-state index contributed by atoms with van der Waals surface area (Å²) in [7, 11) is 0. The molecule has 4 heterocycles. The predicted octanol–water partition coefficient (Wildman–Crippen LogP) is 3.33. The molecule has 1 aliphatic rings. The number of fused-ring (bicyclic) bond motifs is 1. The van der Waals surface area contributed by atoms with Gasteiger partial charge in [-0.05, 0) is 57.2 Å². The number of hydrogen-bond acceptors (Lipinski definition) is 8. The smallest absolute Gasteiger partial charge is 0.229 e. The van der Waals surface area contributed by atoms with Crippen LogP contribution in [0.25, 0.3) is 16.9 Å². The Labute approximate surface area is 192 Å². The van der Waals surface area contributed by atoms with E-state index in [-0.39, 0.29) is 0 Å². The minimum Gasteiger partial charge on any atom is -0.384 e. The summed E-state index contributed by atoms with van der Waals surface area (Å²) in [5.74, 6) is 1.06. The average Bonchev–Trinajstić information content (AvgIpc) is 3.15. The molecule has 4 aromatic rings. The summed E-state index contributed by atoms with van der Waals surface area (Å²) < 4.78 is 7.12. The van der Waals surface area contributed by atoms with Crippen molar-refractivity contribution in [2.45, 2.75) is 26.4 Å². The van der Waals surface area contributed by atoms with E-state index >= 15 is 0 Å². The predicted molar refractivity (Wildman–Crippen MR) is 127 cm³/mol. The summed E-state index contributed by atoms with van der Waals surface area (Å²) in [5.41, 5.74) is 3.04. The van der Waals surface area contributed by atoms with E-state index in [0.717, 1.165) is 43.1 Å². The summed E-state index contributed by atoms with van der Waals surface area (Å²) in [6.45, 7) is 8.65. The third kappa shape index (κ3) is 4.37. The molecule has 0 bridgehead atoms. The normalized spacial score (nSPS) is 14.6.